The number of nitrogens with one attached hydrogen (secondary N) is 1. The zero-order valence-corrected chi connectivity index (χ0v) is 17.6. The number of sulfonamides is 1. The Morgan fingerprint density at radius 3 is 2.33 bits per heavy atom. The summed E-state index contributed by atoms with van der Waals surface area (Å²) in [5.41, 5.74) is -6.35. The summed E-state index contributed by atoms with van der Waals surface area (Å²) in [6, 6.07) is 1.70. The van der Waals surface area contributed by atoms with E-state index in [1.807, 2.05) is 0 Å². The molecule has 0 heterocycles. The van der Waals surface area contributed by atoms with Crippen LogP contribution in [0.4, 0.5) is 17.6 Å². The predicted octanol–water partition coefficient (Wildman–Crippen LogP) is 3.90. The summed E-state index contributed by atoms with van der Waals surface area (Å²) in [5.74, 6) is -3.76. The molecule has 4 aliphatic rings. The fourth-order valence-corrected chi connectivity index (χ4v) is 6.24. The molecule has 30 heavy (non-hydrogen) atoms. The molecule has 11 heteroatoms. The molecule has 0 aliphatic heterocycles. The van der Waals surface area contributed by atoms with Gasteiger partial charge in [0.05, 0.1) is 23.4 Å². The molecular formula is C19H20ClF4NO4S. The van der Waals surface area contributed by atoms with E-state index in [0.717, 1.165) is 18.4 Å². The Kier molecular flexibility index (Phi) is 4.86. The number of carbonyl (C=O) groups excluding carboxylic acids is 1. The summed E-state index contributed by atoms with van der Waals surface area (Å²) in [5, 5.41) is -0.185. The number of hydrogen-bond acceptors (Lipinski definition) is 4. The van der Waals surface area contributed by atoms with Crippen molar-refractivity contribution in [3.8, 4) is 5.75 Å². The van der Waals surface area contributed by atoms with Crippen LogP contribution in [0, 0.1) is 17.7 Å². The molecule has 3 atom stereocenters. The maximum atomic E-state index is 15.5. The molecule has 4 bridgehead atoms. The van der Waals surface area contributed by atoms with Gasteiger partial charge in [-0.2, -0.15) is 0 Å². The van der Waals surface area contributed by atoms with Crippen LogP contribution in [-0.4, -0.2) is 44.2 Å². The van der Waals surface area contributed by atoms with E-state index >= 15 is 4.39 Å². The van der Waals surface area contributed by atoms with Crippen molar-refractivity contribution in [1.29, 1.82) is 0 Å². The smallest absolute Gasteiger partial charge is 0.267 e. The molecule has 4 aliphatic carbocycles. The van der Waals surface area contributed by atoms with Crippen molar-refractivity contribution in [3.63, 3.8) is 0 Å². The Bertz CT molecular complexity index is 1000. The maximum absolute atomic E-state index is 15.5. The molecule has 3 unspecified atom stereocenters. The standard InChI is InChI=1S/C19H20ClF4NO4S/c1-30(27,28)25-16(26)11-2-13(20)15(3-14(11)21)29-6-12-10-4-17(22)7-18(23,5-10)9-19(12,24)8-17/h2-3,10,12H,4-9H2,1H3,(H,25,26). The van der Waals surface area contributed by atoms with Crippen LogP contribution in [0.5, 0.6) is 5.75 Å². The second-order valence-corrected chi connectivity index (χ2v) is 11.1. The Morgan fingerprint density at radius 1 is 1.20 bits per heavy atom. The van der Waals surface area contributed by atoms with Gasteiger partial charge in [0.25, 0.3) is 5.91 Å². The van der Waals surface area contributed by atoms with E-state index in [0.29, 0.717) is 0 Å². The van der Waals surface area contributed by atoms with Crippen LogP contribution >= 0.6 is 11.6 Å². The number of rotatable bonds is 5. The molecule has 0 spiro atoms. The predicted molar refractivity (Wildman–Crippen MR) is 101 cm³/mol. The van der Waals surface area contributed by atoms with Crippen LogP contribution in [0.15, 0.2) is 12.1 Å². The van der Waals surface area contributed by atoms with E-state index < -0.39 is 56.2 Å². The summed E-state index contributed by atoms with van der Waals surface area (Å²) in [7, 11) is -3.91. The first kappa shape index (κ1) is 21.7. The Labute approximate surface area is 176 Å². The highest BCUT2D eigenvalue weighted by Gasteiger charge is 2.69. The summed E-state index contributed by atoms with van der Waals surface area (Å²) in [6.45, 7) is -0.249. The Morgan fingerprint density at radius 2 is 1.80 bits per heavy atom. The first-order valence-electron chi connectivity index (χ1n) is 9.42. The van der Waals surface area contributed by atoms with Crippen molar-refractivity contribution in [3.05, 3.63) is 28.5 Å². The van der Waals surface area contributed by atoms with Crippen LogP contribution in [-0.2, 0) is 10.0 Å². The van der Waals surface area contributed by atoms with Crippen molar-refractivity contribution < 1.29 is 35.5 Å². The van der Waals surface area contributed by atoms with E-state index in [1.165, 1.54) is 0 Å². The van der Waals surface area contributed by atoms with E-state index in [4.69, 9.17) is 16.3 Å². The molecule has 0 aromatic heterocycles. The van der Waals surface area contributed by atoms with Crippen molar-refractivity contribution in [2.75, 3.05) is 12.9 Å². The van der Waals surface area contributed by atoms with Crippen LogP contribution < -0.4 is 9.46 Å². The SMILES string of the molecule is CS(=O)(=O)NC(=O)c1cc(Cl)c(OCC2C3CC4(F)CC(F)(C3)CC2(F)C4)cc1F. The third kappa shape index (κ3) is 3.88. The van der Waals surface area contributed by atoms with Crippen LogP contribution in [0.25, 0.3) is 0 Å². The lowest BCUT2D eigenvalue weighted by Crippen LogP contribution is -2.66. The van der Waals surface area contributed by atoms with Gasteiger partial charge in [0.2, 0.25) is 10.0 Å². The molecule has 166 valence electrons. The molecule has 0 saturated heterocycles. The number of halogens is 5. The molecule has 4 saturated carbocycles. The van der Waals surface area contributed by atoms with Crippen molar-refractivity contribution >= 4 is 27.5 Å². The van der Waals surface area contributed by atoms with Crippen LogP contribution in [0.1, 0.15) is 42.5 Å². The molecule has 5 nitrogen and oxygen atoms in total. The van der Waals surface area contributed by atoms with Gasteiger partial charge in [0.1, 0.15) is 28.6 Å². The van der Waals surface area contributed by atoms with Crippen molar-refractivity contribution in [2.24, 2.45) is 11.8 Å². The fourth-order valence-electron chi connectivity index (χ4n) is 5.58. The highest BCUT2D eigenvalue weighted by molar-refractivity contribution is 7.89. The number of benzene rings is 1. The normalized spacial score (nSPS) is 37.3. The van der Waals surface area contributed by atoms with Crippen molar-refractivity contribution in [2.45, 2.75) is 49.1 Å². The average Bonchev–Trinajstić information content (AvgIpc) is 2.51. The minimum Gasteiger partial charge on any atom is -0.491 e. The molecule has 1 aromatic carbocycles. The number of hydrogen-bond donors (Lipinski definition) is 1. The second kappa shape index (κ2) is 6.72. The maximum Gasteiger partial charge on any atom is 0.267 e. The topological polar surface area (TPSA) is 72.5 Å². The zero-order valence-electron chi connectivity index (χ0n) is 16.0. The summed E-state index contributed by atoms with van der Waals surface area (Å²) >= 11 is 6.03. The third-order valence-corrected chi connectivity index (χ3v) is 7.16. The summed E-state index contributed by atoms with van der Waals surface area (Å²) < 4.78 is 88.8. The minimum atomic E-state index is -3.91. The van der Waals surface area contributed by atoms with Gasteiger partial charge in [-0.25, -0.2) is 30.7 Å². The van der Waals surface area contributed by atoms with E-state index in [2.05, 4.69) is 0 Å². The van der Waals surface area contributed by atoms with Crippen molar-refractivity contribution in [1.82, 2.24) is 4.72 Å². The molecule has 1 N–H and O–H groups in total. The monoisotopic (exact) mass is 469 g/mol. The second-order valence-electron chi connectivity index (χ2n) is 8.92. The van der Waals surface area contributed by atoms with Crippen LogP contribution in [0.3, 0.4) is 0 Å². The lowest BCUT2D eigenvalue weighted by Gasteiger charge is -2.61. The quantitative estimate of drug-likeness (QED) is 0.664. The molecule has 5 rings (SSSR count). The first-order valence-corrected chi connectivity index (χ1v) is 11.7. The van der Waals surface area contributed by atoms with Gasteiger partial charge in [-0.15, -0.1) is 0 Å². The number of carbonyl (C=O) groups is 1. The van der Waals surface area contributed by atoms with Gasteiger partial charge >= 0.3 is 0 Å². The summed E-state index contributed by atoms with van der Waals surface area (Å²) in [6.07, 6.45) is -0.186. The number of amides is 1. The molecule has 1 amide bonds. The number of alkyl halides is 3. The highest BCUT2D eigenvalue weighted by atomic mass is 35.5. The largest absolute Gasteiger partial charge is 0.491 e. The van der Waals surface area contributed by atoms with Gasteiger partial charge < -0.3 is 4.74 Å². The van der Waals surface area contributed by atoms with Gasteiger partial charge in [-0.1, -0.05) is 11.6 Å². The third-order valence-electron chi connectivity index (χ3n) is 6.31. The Hall–Kier alpha value is -1.55. The molecule has 1 aromatic rings. The molecular weight excluding hydrogens is 450 g/mol. The van der Waals surface area contributed by atoms with E-state index in [-0.39, 0.29) is 49.5 Å². The van der Waals surface area contributed by atoms with Gasteiger partial charge in [0.15, 0.2) is 0 Å². The average molecular weight is 470 g/mol. The van der Waals surface area contributed by atoms with Gasteiger partial charge in [0, 0.05) is 31.2 Å². The molecule has 4 fully saturated rings. The zero-order chi connectivity index (χ0) is 22.1. The lowest BCUT2D eigenvalue weighted by atomic mass is 9.48. The highest BCUT2D eigenvalue weighted by Crippen LogP contribution is 2.65. The molecule has 0 radical (unpaired) electrons. The van der Waals surface area contributed by atoms with Gasteiger partial charge in [-0.3, -0.25) is 4.79 Å². The first-order chi connectivity index (χ1) is 13.7. The fraction of sp³-hybridized carbons (Fsp3) is 0.632. The minimum absolute atomic E-state index is 0.0606. The van der Waals surface area contributed by atoms with E-state index in [9.17, 15) is 26.4 Å². The van der Waals surface area contributed by atoms with E-state index in [1.54, 1.807) is 4.72 Å². The number of ether oxygens (including phenoxy) is 1. The van der Waals surface area contributed by atoms with Crippen LogP contribution in [0.2, 0.25) is 5.02 Å². The Balaban J connectivity index is 1.51. The summed E-state index contributed by atoms with van der Waals surface area (Å²) in [4.78, 5) is 11.9. The lowest BCUT2D eigenvalue weighted by molar-refractivity contribution is -0.218. The van der Waals surface area contributed by atoms with Gasteiger partial charge in [-0.05, 0) is 24.8 Å².